The lowest BCUT2D eigenvalue weighted by atomic mass is 9.95. The lowest BCUT2D eigenvalue weighted by Gasteiger charge is -2.22. The van der Waals surface area contributed by atoms with Crippen molar-refractivity contribution in [2.45, 2.75) is 27.7 Å². The number of aryl methyl sites for hydroxylation is 1. The van der Waals surface area contributed by atoms with Gasteiger partial charge in [0, 0.05) is 29.8 Å². The predicted octanol–water partition coefficient (Wildman–Crippen LogP) is 2.34. The fourth-order valence-corrected chi connectivity index (χ4v) is 1.69. The highest BCUT2D eigenvalue weighted by Gasteiger charge is 2.17. The molecule has 0 aromatic heterocycles. The molecule has 5 heteroatoms. The highest BCUT2D eigenvalue weighted by molar-refractivity contribution is 5.96. The van der Waals surface area contributed by atoms with E-state index in [1.807, 2.05) is 20.8 Å². The number of anilines is 1. The minimum atomic E-state index is -0.355. The summed E-state index contributed by atoms with van der Waals surface area (Å²) in [5, 5.41) is 14.5. The Morgan fingerprint density at radius 2 is 1.95 bits per heavy atom. The van der Waals surface area contributed by atoms with Gasteiger partial charge in [-0.25, -0.2) is 4.79 Å². The van der Waals surface area contributed by atoms with Crippen molar-refractivity contribution < 1.29 is 14.7 Å². The molecular formula is C15H22N2O3. The Balaban J connectivity index is 2.63. The normalized spacial score (nSPS) is 11.1. The number of rotatable bonds is 5. The fourth-order valence-electron chi connectivity index (χ4n) is 1.69. The minimum absolute atomic E-state index is 0.000301. The van der Waals surface area contributed by atoms with Crippen molar-refractivity contribution in [2.75, 3.05) is 18.5 Å². The maximum atomic E-state index is 11.7. The zero-order valence-corrected chi connectivity index (χ0v) is 12.4. The van der Waals surface area contributed by atoms with Crippen LogP contribution in [-0.2, 0) is 0 Å². The quantitative estimate of drug-likeness (QED) is 0.723. The molecular weight excluding hydrogens is 256 g/mol. The Labute approximate surface area is 119 Å². The van der Waals surface area contributed by atoms with Gasteiger partial charge in [-0.2, -0.15) is 0 Å². The fraction of sp³-hybridized carbons (Fsp3) is 0.467. The van der Waals surface area contributed by atoms with E-state index in [0.29, 0.717) is 17.8 Å². The molecule has 0 saturated carbocycles. The molecule has 0 atom stereocenters. The van der Waals surface area contributed by atoms with Crippen LogP contribution in [0, 0.1) is 12.3 Å². The molecule has 0 unspecified atom stereocenters. The first kappa shape index (κ1) is 16.2. The number of Topliss-reactive ketones (excluding diaryl/α,β-unsaturated/α-hetero) is 1. The standard InChI is InChI=1S/C15H22N2O3/c1-10-7-12(5-6-13(10)11(2)19)17-14(20)16-8-15(3,4)9-18/h5-7,18H,8-9H2,1-4H3,(H2,16,17,20). The summed E-state index contributed by atoms with van der Waals surface area (Å²) in [5.74, 6) is 0.00296. The Morgan fingerprint density at radius 1 is 1.30 bits per heavy atom. The summed E-state index contributed by atoms with van der Waals surface area (Å²) in [6.07, 6.45) is 0. The number of hydrogen-bond donors (Lipinski definition) is 3. The van der Waals surface area contributed by atoms with Gasteiger partial charge in [0.25, 0.3) is 0 Å². The van der Waals surface area contributed by atoms with Crippen LogP contribution in [0.1, 0.15) is 36.7 Å². The molecule has 0 fully saturated rings. The van der Waals surface area contributed by atoms with E-state index in [0.717, 1.165) is 5.56 Å². The topological polar surface area (TPSA) is 78.4 Å². The maximum Gasteiger partial charge on any atom is 0.319 e. The molecule has 110 valence electrons. The second kappa shape index (κ2) is 6.52. The Hall–Kier alpha value is -1.88. The van der Waals surface area contributed by atoms with Crippen LogP contribution in [0.5, 0.6) is 0 Å². The molecule has 1 aromatic carbocycles. The van der Waals surface area contributed by atoms with Crippen LogP contribution >= 0.6 is 0 Å². The Morgan fingerprint density at radius 3 is 2.45 bits per heavy atom. The van der Waals surface area contributed by atoms with Crippen LogP contribution in [0.3, 0.4) is 0 Å². The number of nitrogens with one attached hydrogen (secondary N) is 2. The summed E-state index contributed by atoms with van der Waals surface area (Å²) in [6, 6.07) is 4.82. The van der Waals surface area contributed by atoms with Gasteiger partial charge in [-0.1, -0.05) is 13.8 Å². The summed E-state index contributed by atoms with van der Waals surface area (Å²) in [7, 11) is 0. The van der Waals surface area contributed by atoms with E-state index >= 15 is 0 Å². The number of carbonyl (C=O) groups excluding carboxylic acids is 2. The van der Waals surface area contributed by atoms with Gasteiger partial charge in [-0.15, -0.1) is 0 Å². The summed E-state index contributed by atoms with van der Waals surface area (Å²) in [4.78, 5) is 23.1. The minimum Gasteiger partial charge on any atom is -0.396 e. The molecule has 0 aliphatic heterocycles. The SMILES string of the molecule is CC(=O)c1ccc(NC(=O)NCC(C)(C)CO)cc1C. The monoisotopic (exact) mass is 278 g/mol. The maximum absolute atomic E-state index is 11.7. The summed E-state index contributed by atoms with van der Waals surface area (Å²) < 4.78 is 0. The first-order valence-electron chi connectivity index (χ1n) is 6.52. The second-order valence-electron chi connectivity index (χ2n) is 5.72. The second-order valence-corrected chi connectivity index (χ2v) is 5.72. The van der Waals surface area contributed by atoms with Crippen molar-refractivity contribution in [3.8, 4) is 0 Å². The van der Waals surface area contributed by atoms with Gasteiger partial charge in [-0.05, 0) is 37.6 Å². The molecule has 3 N–H and O–H groups in total. The molecule has 0 bridgehead atoms. The van der Waals surface area contributed by atoms with Gasteiger partial charge < -0.3 is 15.7 Å². The molecule has 0 aliphatic rings. The summed E-state index contributed by atoms with van der Waals surface area (Å²) >= 11 is 0. The van der Waals surface area contributed by atoms with E-state index < -0.39 is 0 Å². The molecule has 0 spiro atoms. The summed E-state index contributed by atoms with van der Waals surface area (Å²) in [6.45, 7) is 7.44. The van der Waals surface area contributed by atoms with Crippen LogP contribution in [0.15, 0.2) is 18.2 Å². The average molecular weight is 278 g/mol. The number of benzene rings is 1. The third kappa shape index (κ3) is 4.66. The lowest BCUT2D eigenvalue weighted by molar-refractivity contribution is 0.101. The van der Waals surface area contributed by atoms with Crippen LogP contribution in [-0.4, -0.2) is 30.1 Å². The van der Waals surface area contributed by atoms with Crippen LogP contribution in [0.2, 0.25) is 0 Å². The number of hydrogen-bond acceptors (Lipinski definition) is 3. The van der Waals surface area contributed by atoms with E-state index in [-0.39, 0.29) is 23.8 Å². The van der Waals surface area contributed by atoms with Gasteiger partial charge in [-0.3, -0.25) is 4.79 Å². The third-order valence-corrected chi connectivity index (χ3v) is 3.02. The molecule has 0 heterocycles. The zero-order chi connectivity index (χ0) is 15.3. The van der Waals surface area contributed by atoms with Crippen molar-refractivity contribution in [3.63, 3.8) is 0 Å². The van der Waals surface area contributed by atoms with Crippen LogP contribution in [0.4, 0.5) is 10.5 Å². The van der Waals surface area contributed by atoms with E-state index in [1.54, 1.807) is 18.2 Å². The Bertz CT molecular complexity index is 510. The van der Waals surface area contributed by atoms with Gasteiger partial charge in [0.05, 0.1) is 0 Å². The highest BCUT2D eigenvalue weighted by Crippen LogP contribution is 2.16. The van der Waals surface area contributed by atoms with Gasteiger partial charge in [0.2, 0.25) is 0 Å². The lowest BCUT2D eigenvalue weighted by Crippen LogP contribution is -2.38. The molecule has 0 saturated heterocycles. The first-order valence-corrected chi connectivity index (χ1v) is 6.52. The number of ketones is 1. The first-order chi connectivity index (χ1) is 9.25. The van der Waals surface area contributed by atoms with Crippen LogP contribution < -0.4 is 10.6 Å². The average Bonchev–Trinajstić information content (AvgIpc) is 2.36. The van der Waals surface area contributed by atoms with E-state index in [9.17, 15) is 9.59 Å². The van der Waals surface area contributed by atoms with E-state index in [2.05, 4.69) is 10.6 Å². The van der Waals surface area contributed by atoms with Crippen molar-refractivity contribution in [2.24, 2.45) is 5.41 Å². The molecule has 1 rings (SSSR count). The number of urea groups is 1. The van der Waals surface area contributed by atoms with Crippen LogP contribution in [0.25, 0.3) is 0 Å². The van der Waals surface area contributed by atoms with Crippen molar-refractivity contribution >= 4 is 17.5 Å². The largest absolute Gasteiger partial charge is 0.396 e. The molecule has 2 amide bonds. The van der Waals surface area contributed by atoms with Gasteiger partial charge in [0.15, 0.2) is 5.78 Å². The number of aliphatic hydroxyl groups is 1. The Kier molecular flexibility index (Phi) is 5.27. The molecule has 5 nitrogen and oxygen atoms in total. The summed E-state index contributed by atoms with van der Waals surface area (Å²) in [5.41, 5.74) is 1.75. The highest BCUT2D eigenvalue weighted by atomic mass is 16.3. The number of carbonyl (C=O) groups is 2. The predicted molar refractivity (Wildman–Crippen MR) is 79.1 cm³/mol. The van der Waals surface area contributed by atoms with Gasteiger partial charge in [0.1, 0.15) is 0 Å². The molecule has 0 radical (unpaired) electrons. The third-order valence-electron chi connectivity index (χ3n) is 3.02. The molecule has 1 aromatic rings. The van der Waals surface area contributed by atoms with Crippen molar-refractivity contribution in [1.82, 2.24) is 5.32 Å². The molecule has 0 aliphatic carbocycles. The van der Waals surface area contributed by atoms with E-state index in [4.69, 9.17) is 5.11 Å². The van der Waals surface area contributed by atoms with Gasteiger partial charge >= 0.3 is 6.03 Å². The number of amides is 2. The molecule has 20 heavy (non-hydrogen) atoms. The number of aliphatic hydroxyl groups excluding tert-OH is 1. The van der Waals surface area contributed by atoms with E-state index in [1.165, 1.54) is 6.92 Å². The smallest absolute Gasteiger partial charge is 0.319 e. The van der Waals surface area contributed by atoms with Crippen molar-refractivity contribution in [1.29, 1.82) is 0 Å². The zero-order valence-electron chi connectivity index (χ0n) is 12.4. The van der Waals surface area contributed by atoms with Crippen molar-refractivity contribution in [3.05, 3.63) is 29.3 Å².